The van der Waals surface area contributed by atoms with Crippen LogP contribution in [0.4, 0.5) is 5.82 Å². The number of nitrogens with zero attached hydrogens (tertiary/aromatic N) is 6. The highest BCUT2D eigenvalue weighted by Gasteiger charge is 2.16. The van der Waals surface area contributed by atoms with Gasteiger partial charge in [-0.2, -0.15) is 0 Å². The third-order valence-electron chi connectivity index (χ3n) is 5.46. The summed E-state index contributed by atoms with van der Waals surface area (Å²) in [5.41, 5.74) is 0.979. The van der Waals surface area contributed by atoms with Gasteiger partial charge in [0.25, 0.3) is 5.56 Å². The Kier molecular flexibility index (Phi) is 7.71. The SMILES string of the molecule is CN1CCN(c2cc(OCCNC(=O)Cn3cnc(-c4ccc(Cl)cc4)cc3=O)ncn2)CC1. The molecule has 1 aliphatic rings. The maximum absolute atomic E-state index is 12.4. The van der Waals surface area contributed by atoms with Crippen molar-refractivity contribution in [2.75, 3.05) is 51.3 Å². The predicted molar refractivity (Wildman–Crippen MR) is 129 cm³/mol. The van der Waals surface area contributed by atoms with Crippen molar-refractivity contribution in [2.45, 2.75) is 6.54 Å². The number of likely N-dealkylation sites (N-methyl/N-ethyl adjacent to an activating group) is 1. The van der Waals surface area contributed by atoms with E-state index in [1.54, 1.807) is 30.3 Å². The van der Waals surface area contributed by atoms with Gasteiger partial charge in [0.2, 0.25) is 11.8 Å². The number of hydrogen-bond acceptors (Lipinski definition) is 8. The lowest BCUT2D eigenvalue weighted by Gasteiger charge is -2.33. The normalized spacial score (nSPS) is 14.1. The van der Waals surface area contributed by atoms with Crippen LogP contribution in [0, 0.1) is 0 Å². The first-order chi connectivity index (χ1) is 16.5. The molecule has 1 aliphatic heterocycles. The first-order valence-corrected chi connectivity index (χ1v) is 11.3. The van der Waals surface area contributed by atoms with Gasteiger partial charge in [0, 0.05) is 48.9 Å². The van der Waals surface area contributed by atoms with Gasteiger partial charge in [0.1, 0.15) is 25.3 Å². The van der Waals surface area contributed by atoms with E-state index in [2.05, 4.69) is 37.1 Å². The molecule has 3 aromatic rings. The van der Waals surface area contributed by atoms with Crippen LogP contribution in [0.3, 0.4) is 0 Å². The molecule has 2 aromatic heterocycles. The summed E-state index contributed by atoms with van der Waals surface area (Å²) in [5.74, 6) is 0.972. The minimum absolute atomic E-state index is 0.131. The van der Waals surface area contributed by atoms with Crippen LogP contribution in [0.5, 0.6) is 5.88 Å². The lowest BCUT2D eigenvalue weighted by molar-refractivity contribution is -0.121. The molecule has 0 atom stereocenters. The van der Waals surface area contributed by atoms with Crippen molar-refractivity contribution in [1.82, 2.24) is 29.7 Å². The minimum atomic E-state index is -0.316. The quantitative estimate of drug-likeness (QED) is 0.478. The van der Waals surface area contributed by atoms with Crippen LogP contribution >= 0.6 is 11.6 Å². The van der Waals surface area contributed by atoms with Crippen molar-refractivity contribution in [1.29, 1.82) is 0 Å². The molecular formula is C23H26ClN7O3. The number of piperazine rings is 1. The number of carbonyl (C=O) groups is 1. The number of hydrogen-bond donors (Lipinski definition) is 1. The second-order valence-corrected chi connectivity index (χ2v) is 8.39. The Hall–Kier alpha value is -3.50. The van der Waals surface area contributed by atoms with Gasteiger partial charge in [0.15, 0.2) is 0 Å². The fourth-order valence-electron chi connectivity index (χ4n) is 3.50. The van der Waals surface area contributed by atoms with Crippen LogP contribution in [0.25, 0.3) is 11.3 Å². The zero-order valence-electron chi connectivity index (χ0n) is 18.9. The number of halogens is 1. The van der Waals surface area contributed by atoms with E-state index in [0.717, 1.165) is 37.6 Å². The molecule has 0 spiro atoms. The van der Waals surface area contributed by atoms with Gasteiger partial charge in [-0.3, -0.25) is 14.2 Å². The molecule has 1 aromatic carbocycles. The lowest BCUT2D eigenvalue weighted by atomic mass is 10.1. The van der Waals surface area contributed by atoms with E-state index < -0.39 is 0 Å². The van der Waals surface area contributed by atoms with Crippen molar-refractivity contribution < 1.29 is 9.53 Å². The van der Waals surface area contributed by atoms with Gasteiger partial charge in [0.05, 0.1) is 18.6 Å². The molecule has 178 valence electrons. The van der Waals surface area contributed by atoms with Crippen LogP contribution in [0.1, 0.15) is 0 Å². The Morgan fingerprint density at radius 2 is 1.85 bits per heavy atom. The molecule has 10 nitrogen and oxygen atoms in total. The summed E-state index contributed by atoms with van der Waals surface area (Å²) in [6.45, 7) is 4.15. The number of rotatable bonds is 8. The zero-order valence-corrected chi connectivity index (χ0v) is 19.6. The molecule has 1 saturated heterocycles. The second kappa shape index (κ2) is 11.1. The summed E-state index contributed by atoms with van der Waals surface area (Å²) in [6, 6.07) is 10.2. The molecule has 4 rings (SSSR count). The number of benzene rings is 1. The van der Waals surface area contributed by atoms with Gasteiger partial charge in [-0.1, -0.05) is 23.7 Å². The smallest absolute Gasteiger partial charge is 0.254 e. The number of amides is 1. The van der Waals surface area contributed by atoms with Crippen LogP contribution in [0.15, 0.2) is 53.8 Å². The van der Waals surface area contributed by atoms with E-state index in [-0.39, 0.29) is 31.2 Å². The number of ether oxygens (including phenoxy) is 1. The minimum Gasteiger partial charge on any atom is -0.476 e. The maximum Gasteiger partial charge on any atom is 0.254 e. The molecule has 3 heterocycles. The standard InChI is InChI=1S/C23H26ClN7O3/c1-29-7-9-30(10-8-29)20-13-22(27-15-26-20)34-11-6-25-21(32)14-31-16-28-19(12-23(31)33)17-2-4-18(24)5-3-17/h2-5,12-13,15-16H,6-11,14H2,1H3,(H,25,32). The average molecular weight is 484 g/mol. The first kappa shape index (κ1) is 23.7. The van der Waals surface area contributed by atoms with Crippen LogP contribution in [-0.2, 0) is 11.3 Å². The molecule has 11 heteroatoms. The molecule has 0 saturated carbocycles. The Morgan fingerprint density at radius 1 is 1.09 bits per heavy atom. The summed E-state index contributed by atoms with van der Waals surface area (Å²) < 4.78 is 6.92. The van der Waals surface area contributed by atoms with Crippen molar-refractivity contribution in [3.05, 3.63) is 64.4 Å². The Morgan fingerprint density at radius 3 is 2.59 bits per heavy atom. The topological polar surface area (TPSA) is 105 Å². The van der Waals surface area contributed by atoms with Gasteiger partial charge >= 0.3 is 0 Å². The van der Waals surface area contributed by atoms with E-state index in [1.807, 2.05) is 0 Å². The summed E-state index contributed by atoms with van der Waals surface area (Å²) in [7, 11) is 2.10. The molecule has 0 unspecified atom stereocenters. The number of carbonyl (C=O) groups excluding carboxylic acids is 1. The van der Waals surface area contributed by atoms with Gasteiger partial charge in [-0.05, 0) is 19.2 Å². The molecule has 0 aliphatic carbocycles. The molecule has 1 N–H and O–H groups in total. The average Bonchev–Trinajstić information content (AvgIpc) is 2.84. The zero-order chi connectivity index (χ0) is 23.9. The van der Waals surface area contributed by atoms with Crippen molar-refractivity contribution in [3.8, 4) is 17.1 Å². The third kappa shape index (κ3) is 6.30. The molecule has 34 heavy (non-hydrogen) atoms. The molecule has 1 fully saturated rings. The molecular weight excluding hydrogens is 458 g/mol. The van der Waals surface area contributed by atoms with E-state index in [1.165, 1.54) is 23.3 Å². The highest BCUT2D eigenvalue weighted by molar-refractivity contribution is 6.30. The van der Waals surface area contributed by atoms with E-state index in [4.69, 9.17) is 16.3 Å². The Labute approximate surface area is 202 Å². The Bertz CT molecular complexity index is 1180. The summed E-state index contributed by atoms with van der Waals surface area (Å²) >= 11 is 5.89. The fraction of sp³-hybridized carbons (Fsp3) is 0.348. The first-order valence-electron chi connectivity index (χ1n) is 11.0. The van der Waals surface area contributed by atoms with Crippen molar-refractivity contribution >= 4 is 23.3 Å². The van der Waals surface area contributed by atoms with Gasteiger partial charge in [-0.15, -0.1) is 0 Å². The number of nitrogens with one attached hydrogen (secondary N) is 1. The van der Waals surface area contributed by atoms with E-state index in [0.29, 0.717) is 16.6 Å². The summed E-state index contributed by atoms with van der Waals surface area (Å²) in [4.78, 5) is 41.8. The fourth-order valence-corrected chi connectivity index (χ4v) is 3.62. The largest absolute Gasteiger partial charge is 0.476 e. The summed E-state index contributed by atoms with van der Waals surface area (Å²) in [6.07, 6.45) is 2.85. The second-order valence-electron chi connectivity index (χ2n) is 7.95. The predicted octanol–water partition coefficient (Wildman–Crippen LogP) is 1.30. The summed E-state index contributed by atoms with van der Waals surface area (Å²) in [5, 5.41) is 3.34. The Balaban J connectivity index is 1.24. The third-order valence-corrected chi connectivity index (χ3v) is 5.71. The van der Waals surface area contributed by atoms with Crippen LogP contribution < -0.4 is 20.5 Å². The van der Waals surface area contributed by atoms with E-state index >= 15 is 0 Å². The number of anilines is 1. The number of aromatic nitrogens is 4. The highest BCUT2D eigenvalue weighted by atomic mass is 35.5. The van der Waals surface area contributed by atoms with Crippen LogP contribution in [-0.4, -0.2) is 76.7 Å². The van der Waals surface area contributed by atoms with Crippen molar-refractivity contribution in [3.63, 3.8) is 0 Å². The van der Waals surface area contributed by atoms with Crippen molar-refractivity contribution in [2.24, 2.45) is 0 Å². The maximum atomic E-state index is 12.4. The highest BCUT2D eigenvalue weighted by Crippen LogP contribution is 2.18. The van der Waals surface area contributed by atoms with Gasteiger partial charge in [-0.25, -0.2) is 15.0 Å². The van der Waals surface area contributed by atoms with Gasteiger partial charge < -0.3 is 19.9 Å². The molecule has 1 amide bonds. The monoisotopic (exact) mass is 483 g/mol. The molecule has 0 bridgehead atoms. The molecule has 0 radical (unpaired) electrons. The lowest BCUT2D eigenvalue weighted by Crippen LogP contribution is -2.44. The van der Waals surface area contributed by atoms with E-state index in [9.17, 15) is 9.59 Å². The van der Waals surface area contributed by atoms with Crippen LogP contribution in [0.2, 0.25) is 5.02 Å².